The Labute approximate surface area is 110 Å². The van der Waals surface area contributed by atoms with Gasteiger partial charge < -0.3 is 4.74 Å². The van der Waals surface area contributed by atoms with E-state index in [0.29, 0.717) is 17.1 Å². The quantitative estimate of drug-likeness (QED) is 0.611. The fourth-order valence-electron chi connectivity index (χ4n) is 1.46. The van der Waals surface area contributed by atoms with Gasteiger partial charge in [-0.25, -0.2) is 0 Å². The third-order valence-corrected chi connectivity index (χ3v) is 3.42. The number of aromatic nitrogens is 1. The van der Waals surface area contributed by atoms with E-state index in [1.165, 1.54) is 11.8 Å². The Morgan fingerprint density at radius 2 is 2.06 bits per heavy atom. The third kappa shape index (κ3) is 3.34. The van der Waals surface area contributed by atoms with Crippen LogP contribution in [0.15, 0.2) is 53.7 Å². The van der Waals surface area contributed by atoms with E-state index in [-0.39, 0.29) is 5.78 Å². The fourth-order valence-corrected chi connectivity index (χ4v) is 2.24. The van der Waals surface area contributed by atoms with Gasteiger partial charge in [0.25, 0.3) is 0 Å². The van der Waals surface area contributed by atoms with Crippen molar-refractivity contribution in [3.8, 4) is 5.75 Å². The molecule has 0 saturated heterocycles. The smallest absolute Gasteiger partial charge is 0.173 e. The van der Waals surface area contributed by atoms with Crippen LogP contribution in [0, 0.1) is 0 Å². The summed E-state index contributed by atoms with van der Waals surface area (Å²) in [6.07, 6.45) is 3.44. The van der Waals surface area contributed by atoms with E-state index in [2.05, 4.69) is 4.98 Å². The standard InChI is InChI=1S/C14H13NO2S/c1-17-12-4-2-3-11(9-12)14(16)10-18-13-5-7-15-8-6-13/h2-9H,10H2,1H3. The molecule has 0 spiro atoms. The first-order valence-corrected chi connectivity index (χ1v) is 6.48. The molecule has 0 amide bonds. The van der Waals surface area contributed by atoms with Crippen LogP contribution in [0.3, 0.4) is 0 Å². The Balaban J connectivity index is 1.99. The summed E-state index contributed by atoms with van der Waals surface area (Å²) in [5.41, 5.74) is 0.677. The molecule has 1 aromatic heterocycles. The van der Waals surface area contributed by atoms with Gasteiger partial charge in [-0.3, -0.25) is 9.78 Å². The Hall–Kier alpha value is -1.81. The Bertz CT molecular complexity index is 528. The maximum atomic E-state index is 12.0. The molecule has 0 bridgehead atoms. The minimum Gasteiger partial charge on any atom is -0.497 e. The molecule has 0 aliphatic rings. The predicted octanol–water partition coefficient (Wildman–Crippen LogP) is 3.07. The van der Waals surface area contributed by atoms with Gasteiger partial charge in [-0.2, -0.15) is 0 Å². The number of benzene rings is 1. The molecule has 0 aliphatic carbocycles. The summed E-state index contributed by atoms with van der Waals surface area (Å²) >= 11 is 1.51. The van der Waals surface area contributed by atoms with E-state index in [9.17, 15) is 4.79 Å². The number of carbonyl (C=O) groups excluding carboxylic acids is 1. The molecule has 2 aromatic rings. The second-order valence-corrected chi connectivity index (χ2v) is 4.68. The molecular formula is C14H13NO2S. The Morgan fingerprint density at radius 1 is 1.28 bits per heavy atom. The van der Waals surface area contributed by atoms with Gasteiger partial charge >= 0.3 is 0 Å². The van der Waals surface area contributed by atoms with Crippen LogP contribution in [-0.2, 0) is 0 Å². The molecule has 92 valence electrons. The van der Waals surface area contributed by atoms with E-state index in [4.69, 9.17) is 4.74 Å². The summed E-state index contributed by atoms with van der Waals surface area (Å²) in [5.74, 6) is 1.21. The number of Topliss-reactive ketones (excluding diaryl/α,β-unsaturated/α-hetero) is 1. The molecule has 1 heterocycles. The second kappa shape index (κ2) is 6.21. The number of carbonyl (C=O) groups is 1. The number of ether oxygens (including phenoxy) is 1. The van der Waals surface area contributed by atoms with Crippen molar-refractivity contribution in [1.29, 1.82) is 0 Å². The summed E-state index contributed by atoms with van der Waals surface area (Å²) < 4.78 is 5.10. The molecule has 0 aliphatic heterocycles. The van der Waals surface area contributed by atoms with E-state index in [0.717, 1.165) is 4.90 Å². The fraction of sp³-hybridized carbons (Fsp3) is 0.143. The summed E-state index contributed by atoms with van der Waals surface area (Å²) in [6.45, 7) is 0. The summed E-state index contributed by atoms with van der Waals surface area (Å²) in [5, 5.41) is 0. The van der Waals surface area contributed by atoms with E-state index in [1.54, 1.807) is 31.6 Å². The number of thioether (sulfide) groups is 1. The summed E-state index contributed by atoms with van der Waals surface area (Å²) in [7, 11) is 1.59. The normalized spacial score (nSPS) is 10.1. The molecule has 4 heteroatoms. The molecule has 0 N–H and O–H groups in total. The highest BCUT2D eigenvalue weighted by atomic mass is 32.2. The molecule has 0 atom stereocenters. The number of pyridine rings is 1. The summed E-state index contributed by atoms with van der Waals surface area (Å²) in [4.78, 5) is 17.0. The zero-order chi connectivity index (χ0) is 12.8. The lowest BCUT2D eigenvalue weighted by molar-refractivity contribution is 0.102. The number of ketones is 1. The van der Waals surface area contributed by atoms with E-state index >= 15 is 0 Å². The van der Waals surface area contributed by atoms with Crippen LogP contribution in [-0.4, -0.2) is 23.6 Å². The van der Waals surface area contributed by atoms with Crippen LogP contribution in [0.25, 0.3) is 0 Å². The van der Waals surface area contributed by atoms with Crippen molar-refractivity contribution in [2.24, 2.45) is 0 Å². The van der Waals surface area contributed by atoms with Gasteiger partial charge in [0.1, 0.15) is 5.75 Å². The number of hydrogen-bond acceptors (Lipinski definition) is 4. The van der Waals surface area contributed by atoms with Crippen molar-refractivity contribution in [2.75, 3.05) is 12.9 Å². The van der Waals surface area contributed by atoms with Crippen LogP contribution in [0.2, 0.25) is 0 Å². The zero-order valence-corrected chi connectivity index (χ0v) is 10.8. The Kier molecular flexibility index (Phi) is 4.36. The first-order valence-electron chi connectivity index (χ1n) is 5.49. The van der Waals surface area contributed by atoms with E-state index < -0.39 is 0 Å². The van der Waals surface area contributed by atoms with Crippen molar-refractivity contribution < 1.29 is 9.53 Å². The first-order chi connectivity index (χ1) is 8.79. The lowest BCUT2D eigenvalue weighted by Gasteiger charge is -2.04. The van der Waals surface area contributed by atoms with E-state index in [1.807, 2.05) is 24.3 Å². The molecule has 18 heavy (non-hydrogen) atoms. The average molecular weight is 259 g/mol. The third-order valence-electron chi connectivity index (χ3n) is 2.41. The first kappa shape index (κ1) is 12.6. The SMILES string of the molecule is COc1cccc(C(=O)CSc2ccncc2)c1. The maximum absolute atomic E-state index is 12.0. The van der Waals surface area contributed by atoms with Gasteiger partial charge in [0.05, 0.1) is 12.9 Å². The number of rotatable bonds is 5. The van der Waals surface area contributed by atoms with Gasteiger partial charge in [0.15, 0.2) is 5.78 Å². The molecular weight excluding hydrogens is 246 g/mol. The van der Waals surface area contributed by atoms with Crippen LogP contribution in [0.4, 0.5) is 0 Å². The van der Waals surface area contributed by atoms with Crippen LogP contribution < -0.4 is 4.74 Å². The van der Waals surface area contributed by atoms with Crippen molar-refractivity contribution in [3.05, 3.63) is 54.4 Å². The highest BCUT2D eigenvalue weighted by molar-refractivity contribution is 8.00. The van der Waals surface area contributed by atoms with Gasteiger partial charge in [-0.1, -0.05) is 12.1 Å². The largest absolute Gasteiger partial charge is 0.497 e. The highest BCUT2D eigenvalue weighted by Crippen LogP contribution is 2.19. The topological polar surface area (TPSA) is 39.2 Å². The minimum atomic E-state index is 0.0933. The molecule has 0 saturated carbocycles. The van der Waals surface area contributed by atoms with Crippen LogP contribution in [0.5, 0.6) is 5.75 Å². The number of nitrogens with zero attached hydrogens (tertiary/aromatic N) is 1. The molecule has 1 aromatic carbocycles. The van der Waals surface area contributed by atoms with Crippen molar-refractivity contribution in [3.63, 3.8) is 0 Å². The molecule has 0 fully saturated rings. The van der Waals surface area contributed by atoms with Gasteiger partial charge in [0, 0.05) is 22.9 Å². The van der Waals surface area contributed by atoms with Crippen LogP contribution in [0.1, 0.15) is 10.4 Å². The lowest BCUT2D eigenvalue weighted by Crippen LogP contribution is -2.02. The van der Waals surface area contributed by atoms with Crippen molar-refractivity contribution in [2.45, 2.75) is 4.90 Å². The van der Waals surface area contributed by atoms with Crippen LogP contribution >= 0.6 is 11.8 Å². The van der Waals surface area contributed by atoms with Gasteiger partial charge in [-0.05, 0) is 24.3 Å². The van der Waals surface area contributed by atoms with Crippen molar-refractivity contribution >= 4 is 17.5 Å². The summed E-state index contributed by atoms with van der Waals surface area (Å²) in [6, 6.07) is 11.0. The number of hydrogen-bond donors (Lipinski definition) is 0. The Morgan fingerprint density at radius 3 is 2.78 bits per heavy atom. The minimum absolute atomic E-state index is 0.0933. The maximum Gasteiger partial charge on any atom is 0.173 e. The second-order valence-electron chi connectivity index (χ2n) is 3.63. The predicted molar refractivity (Wildman–Crippen MR) is 72.3 cm³/mol. The number of methoxy groups -OCH3 is 1. The molecule has 3 nitrogen and oxygen atoms in total. The monoisotopic (exact) mass is 259 g/mol. The van der Waals surface area contributed by atoms with Crippen molar-refractivity contribution in [1.82, 2.24) is 4.98 Å². The molecule has 2 rings (SSSR count). The van der Waals surface area contributed by atoms with Gasteiger partial charge in [-0.15, -0.1) is 11.8 Å². The molecule has 0 unspecified atom stereocenters. The average Bonchev–Trinajstić information content (AvgIpc) is 2.46. The zero-order valence-electron chi connectivity index (χ0n) is 10.00. The lowest BCUT2D eigenvalue weighted by atomic mass is 10.1. The van der Waals surface area contributed by atoms with Gasteiger partial charge in [0.2, 0.25) is 0 Å². The highest BCUT2D eigenvalue weighted by Gasteiger charge is 2.07. The molecule has 0 radical (unpaired) electrons.